The quantitative estimate of drug-likeness (QED) is 0.795. The highest BCUT2D eigenvalue weighted by Crippen LogP contribution is 2.35. The first-order valence-corrected chi connectivity index (χ1v) is 11.6. The number of halogens is 1. The van der Waals surface area contributed by atoms with Gasteiger partial charge in [-0.2, -0.15) is 0 Å². The number of piperidine rings is 1. The Labute approximate surface area is 175 Å². The van der Waals surface area contributed by atoms with Crippen molar-refractivity contribution in [2.45, 2.75) is 50.4 Å². The van der Waals surface area contributed by atoms with Crippen LogP contribution in [0.4, 0.5) is 9.18 Å². The van der Waals surface area contributed by atoms with Crippen LogP contribution in [0.25, 0.3) is 11.0 Å². The summed E-state index contributed by atoms with van der Waals surface area (Å²) in [5, 5.41) is 0.163. The van der Waals surface area contributed by atoms with Crippen LogP contribution >= 0.6 is 0 Å². The zero-order chi connectivity index (χ0) is 21.7. The number of rotatable bonds is 3. The molecule has 2 fully saturated rings. The third kappa shape index (κ3) is 4.02. The van der Waals surface area contributed by atoms with Crippen LogP contribution in [0.3, 0.4) is 0 Å². The van der Waals surface area contributed by atoms with Gasteiger partial charge in [0.15, 0.2) is 0 Å². The van der Waals surface area contributed by atoms with Crippen LogP contribution in [0.2, 0.25) is 0 Å². The summed E-state index contributed by atoms with van der Waals surface area (Å²) in [6.45, 7) is 6.47. The first-order valence-electron chi connectivity index (χ1n) is 10.1. The predicted octanol–water partition coefficient (Wildman–Crippen LogP) is 2.83. The normalized spacial score (nSPS) is 19.8. The number of ether oxygens (including phenoxy) is 1. The number of aromatic nitrogens is 2. The molecule has 164 valence electrons. The maximum absolute atomic E-state index is 13.6. The van der Waals surface area contributed by atoms with Gasteiger partial charge in [-0.05, 0) is 51.2 Å². The molecule has 0 radical (unpaired) electrons. The number of carbonyl (C=O) groups is 1. The molecule has 2 aliphatic rings. The largest absolute Gasteiger partial charge is 0.444 e. The van der Waals surface area contributed by atoms with Crippen LogP contribution < -0.4 is 0 Å². The standard InChI is InChI=1S/C20H27FN4O4S/c1-20(2,3)29-19(26)24-11-15(12-24)30(27,28)25-6-4-13(5-7-25)17-10-23-18-16(17)8-14(21)9-22-18/h8-10,13,15H,4-7,11-12H2,1-3H3,(H,22,23). The summed E-state index contributed by atoms with van der Waals surface area (Å²) in [6.07, 6.45) is 3.86. The minimum atomic E-state index is -3.47. The highest BCUT2D eigenvalue weighted by Gasteiger charge is 2.44. The average molecular weight is 439 g/mol. The zero-order valence-corrected chi connectivity index (χ0v) is 18.2. The van der Waals surface area contributed by atoms with Gasteiger partial charge in [-0.15, -0.1) is 0 Å². The van der Waals surface area contributed by atoms with E-state index in [1.165, 1.54) is 21.5 Å². The Kier molecular flexibility index (Phi) is 5.26. The lowest BCUT2D eigenvalue weighted by Crippen LogP contribution is -2.61. The molecule has 0 atom stereocenters. The van der Waals surface area contributed by atoms with E-state index in [-0.39, 0.29) is 24.8 Å². The minimum absolute atomic E-state index is 0.147. The third-order valence-corrected chi connectivity index (χ3v) is 7.93. The number of likely N-dealkylation sites (tertiary alicyclic amines) is 1. The smallest absolute Gasteiger partial charge is 0.410 e. The summed E-state index contributed by atoms with van der Waals surface area (Å²) in [6, 6.07) is 1.47. The monoisotopic (exact) mass is 438 g/mol. The maximum Gasteiger partial charge on any atom is 0.410 e. The zero-order valence-electron chi connectivity index (χ0n) is 17.4. The van der Waals surface area contributed by atoms with Crippen molar-refractivity contribution in [1.82, 2.24) is 19.2 Å². The molecule has 4 heterocycles. The van der Waals surface area contributed by atoms with E-state index in [0.717, 1.165) is 10.9 Å². The van der Waals surface area contributed by atoms with Crippen LogP contribution in [0.5, 0.6) is 0 Å². The van der Waals surface area contributed by atoms with Crippen LogP contribution in [-0.2, 0) is 14.8 Å². The average Bonchev–Trinajstić information content (AvgIpc) is 3.01. The van der Waals surface area contributed by atoms with Crippen molar-refractivity contribution < 1.29 is 22.3 Å². The Morgan fingerprint density at radius 2 is 1.93 bits per heavy atom. The number of fused-ring (bicyclic) bond motifs is 1. The molecule has 1 amide bonds. The van der Waals surface area contributed by atoms with Crippen molar-refractivity contribution in [3.05, 3.63) is 29.8 Å². The lowest BCUT2D eigenvalue weighted by atomic mass is 9.90. The van der Waals surface area contributed by atoms with Gasteiger partial charge in [0.2, 0.25) is 10.0 Å². The van der Waals surface area contributed by atoms with Crippen LogP contribution in [0.1, 0.15) is 45.1 Å². The highest BCUT2D eigenvalue weighted by molar-refractivity contribution is 7.89. The summed E-state index contributed by atoms with van der Waals surface area (Å²) in [7, 11) is -3.47. The number of nitrogens with one attached hydrogen (secondary N) is 1. The molecule has 1 N–H and O–H groups in total. The van der Waals surface area contributed by atoms with E-state index >= 15 is 0 Å². The molecule has 8 nitrogen and oxygen atoms in total. The second-order valence-corrected chi connectivity index (χ2v) is 11.2. The van der Waals surface area contributed by atoms with Crippen molar-refractivity contribution in [2.24, 2.45) is 0 Å². The Balaban J connectivity index is 1.36. The molecule has 10 heteroatoms. The van der Waals surface area contributed by atoms with Gasteiger partial charge in [-0.3, -0.25) is 0 Å². The van der Waals surface area contributed by atoms with Crippen molar-refractivity contribution >= 4 is 27.1 Å². The number of aromatic amines is 1. The first-order chi connectivity index (χ1) is 14.0. The minimum Gasteiger partial charge on any atom is -0.444 e. The van der Waals surface area contributed by atoms with Crippen molar-refractivity contribution in [3.63, 3.8) is 0 Å². The molecule has 2 aliphatic heterocycles. The number of pyridine rings is 1. The molecule has 2 aromatic heterocycles. The lowest BCUT2D eigenvalue weighted by molar-refractivity contribution is 0.0135. The van der Waals surface area contributed by atoms with E-state index in [4.69, 9.17) is 4.74 Å². The molecule has 0 aromatic carbocycles. The van der Waals surface area contributed by atoms with Crippen molar-refractivity contribution in [3.8, 4) is 0 Å². The van der Waals surface area contributed by atoms with Gasteiger partial charge in [0, 0.05) is 37.8 Å². The van der Waals surface area contributed by atoms with E-state index in [0.29, 0.717) is 31.6 Å². The summed E-state index contributed by atoms with van der Waals surface area (Å²) < 4.78 is 46.3. The first kappa shape index (κ1) is 21.0. The molecule has 30 heavy (non-hydrogen) atoms. The number of hydrogen-bond acceptors (Lipinski definition) is 5. The number of hydrogen-bond donors (Lipinski definition) is 1. The number of carbonyl (C=O) groups excluding carboxylic acids is 1. The second kappa shape index (κ2) is 7.49. The fraction of sp³-hybridized carbons (Fsp3) is 0.600. The van der Waals surface area contributed by atoms with E-state index in [9.17, 15) is 17.6 Å². The van der Waals surface area contributed by atoms with Crippen molar-refractivity contribution in [2.75, 3.05) is 26.2 Å². The second-order valence-electron chi connectivity index (χ2n) is 9.02. The van der Waals surface area contributed by atoms with E-state index < -0.39 is 27.0 Å². The Bertz CT molecular complexity index is 1050. The van der Waals surface area contributed by atoms with Crippen LogP contribution in [0, 0.1) is 5.82 Å². The van der Waals surface area contributed by atoms with Crippen molar-refractivity contribution in [1.29, 1.82) is 0 Å². The fourth-order valence-electron chi connectivity index (χ4n) is 4.07. The number of amides is 1. The maximum atomic E-state index is 13.6. The molecule has 2 aromatic rings. The van der Waals surface area contributed by atoms with Crippen LogP contribution in [-0.4, -0.2) is 70.7 Å². The van der Waals surface area contributed by atoms with Gasteiger partial charge in [0.25, 0.3) is 0 Å². The molecule has 0 bridgehead atoms. The Hall–Kier alpha value is -2.20. The number of H-pyrrole nitrogens is 1. The SMILES string of the molecule is CC(C)(C)OC(=O)N1CC(S(=O)(=O)N2CCC(c3c[nH]c4ncc(F)cc34)CC2)C1. The summed E-state index contributed by atoms with van der Waals surface area (Å²) >= 11 is 0. The molecule has 0 aliphatic carbocycles. The topological polar surface area (TPSA) is 95.6 Å². The molecule has 4 rings (SSSR count). The van der Waals surface area contributed by atoms with Gasteiger partial charge >= 0.3 is 6.09 Å². The van der Waals surface area contributed by atoms with Gasteiger partial charge in [-0.1, -0.05) is 0 Å². The highest BCUT2D eigenvalue weighted by atomic mass is 32.2. The summed E-state index contributed by atoms with van der Waals surface area (Å²) in [4.78, 5) is 20.6. The van der Waals surface area contributed by atoms with Crippen LogP contribution in [0.15, 0.2) is 18.5 Å². The molecular formula is C20H27FN4O4S. The molecule has 2 saturated heterocycles. The van der Waals surface area contributed by atoms with Gasteiger partial charge in [0.1, 0.15) is 22.3 Å². The van der Waals surface area contributed by atoms with Gasteiger partial charge in [-0.25, -0.2) is 26.9 Å². The molecule has 0 spiro atoms. The summed E-state index contributed by atoms with van der Waals surface area (Å²) in [5.74, 6) is -0.239. The van der Waals surface area contributed by atoms with E-state index in [1.807, 2.05) is 6.20 Å². The lowest BCUT2D eigenvalue weighted by Gasteiger charge is -2.42. The number of nitrogens with zero attached hydrogens (tertiary/aromatic N) is 3. The predicted molar refractivity (Wildman–Crippen MR) is 110 cm³/mol. The molecule has 0 unspecified atom stereocenters. The fourth-order valence-corrected chi connectivity index (χ4v) is 5.95. The molecule has 0 saturated carbocycles. The Morgan fingerprint density at radius 3 is 2.57 bits per heavy atom. The van der Waals surface area contributed by atoms with Gasteiger partial charge < -0.3 is 14.6 Å². The van der Waals surface area contributed by atoms with Gasteiger partial charge in [0.05, 0.1) is 6.20 Å². The summed E-state index contributed by atoms with van der Waals surface area (Å²) in [5.41, 5.74) is 1.01. The molecular weight excluding hydrogens is 411 g/mol. The third-order valence-electron chi connectivity index (χ3n) is 5.70. The van der Waals surface area contributed by atoms with E-state index in [2.05, 4.69) is 9.97 Å². The van der Waals surface area contributed by atoms with E-state index in [1.54, 1.807) is 20.8 Å². The Morgan fingerprint density at radius 1 is 1.27 bits per heavy atom. The number of sulfonamides is 1.